The summed E-state index contributed by atoms with van der Waals surface area (Å²) < 4.78 is 5.62. The van der Waals surface area contributed by atoms with Gasteiger partial charge in [-0.15, -0.1) is 0 Å². The second kappa shape index (κ2) is 9.62. The van der Waals surface area contributed by atoms with E-state index in [2.05, 4.69) is 60.6 Å². The summed E-state index contributed by atoms with van der Waals surface area (Å²) in [5.41, 5.74) is 4.07. The van der Waals surface area contributed by atoms with Crippen LogP contribution in [0.15, 0.2) is 24.3 Å². The Bertz CT molecular complexity index is 1240. The van der Waals surface area contributed by atoms with Gasteiger partial charge < -0.3 is 9.84 Å². The summed E-state index contributed by atoms with van der Waals surface area (Å²) in [4.78, 5) is 12.7. The number of carbonyl (C=O) groups is 1. The lowest BCUT2D eigenvalue weighted by Crippen LogP contribution is -2.56. The molecule has 0 aromatic heterocycles. The molecule has 1 aromatic carbocycles. The number of carboxylic acid groups (broad SMARTS) is 1. The summed E-state index contributed by atoms with van der Waals surface area (Å²) in [5, 5.41) is 10.4. The molecule has 0 amide bonds. The van der Waals surface area contributed by atoms with Crippen molar-refractivity contribution in [3.8, 4) is 5.75 Å². The van der Waals surface area contributed by atoms with E-state index in [0.717, 1.165) is 35.7 Å². The summed E-state index contributed by atoms with van der Waals surface area (Å²) >= 11 is 0. The van der Waals surface area contributed by atoms with Crippen molar-refractivity contribution in [2.24, 2.45) is 56.7 Å². The SMILES string of the molecule is COc1cccc(C2=CCC(C)(C)[C@@H]3CC[C@@H]4[C@]5(CC[C@]6(C)[C@@H]([C@H](C)CCCC(C)C)CC[C@@]46C)C[C@]235)c1C(=O)O. The second-order valence-corrected chi connectivity index (χ2v) is 16.8. The Morgan fingerprint density at radius 3 is 2.39 bits per heavy atom. The molecule has 226 valence electrons. The Balaban J connectivity index is 1.39. The Morgan fingerprint density at radius 1 is 0.976 bits per heavy atom. The minimum atomic E-state index is -0.869. The molecule has 3 heteroatoms. The molecule has 8 atom stereocenters. The van der Waals surface area contributed by atoms with Gasteiger partial charge in [-0.2, -0.15) is 0 Å². The standard InChI is InChI=1S/C38H56O3/c1-24(2)11-9-12-25(3)27-18-20-36(7)31-16-15-30-34(4,5)19-17-28(26-13-10-14-29(41-8)32(26)33(39)40)38(30)23-37(31,38)22-21-35(27,36)6/h10,13-14,17,24-25,27,30-31H,9,11-12,15-16,18-23H2,1-8H3,(H,39,40)/t25-,27-,30+,31+,35-,36+,37+,38+/m1/s1. The molecule has 5 aliphatic rings. The van der Waals surface area contributed by atoms with E-state index in [1.807, 2.05) is 12.1 Å². The predicted molar refractivity (Wildman–Crippen MR) is 168 cm³/mol. The average Bonchev–Trinajstić information content (AvgIpc) is 3.50. The lowest BCUT2D eigenvalue weighted by Gasteiger charge is -2.63. The molecule has 0 unspecified atom stereocenters. The monoisotopic (exact) mass is 560 g/mol. The van der Waals surface area contributed by atoms with Crippen LogP contribution in [0, 0.1) is 56.7 Å². The van der Waals surface area contributed by atoms with Gasteiger partial charge in [-0.05, 0) is 120 Å². The molecule has 6 rings (SSSR count). The Labute approximate surface area is 249 Å². The van der Waals surface area contributed by atoms with Crippen molar-refractivity contribution >= 4 is 11.5 Å². The van der Waals surface area contributed by atoms with Crippen LogP contribution >= 0.6 is 0 Å². The fraction of sp³-hybridized carbons (Fsp3) is 0.763. The average molecular weight is 561 g/mol. The van der Waals surface area contributed by atoms with Gasteiger partial charge in [0.25, 0.3) is 0 Å². The summed E-state index contributed by atoms with van der Waals surface area (Å²) in [6.45, 7) is 17.7. The van der Waals surface area contributed by atoms with Gasteiger partial charge in [-0.1, -0.05) is 85.9 Å². The smallest absolute Gasteiger partial charge is 0.340 e. The lowest BCUT2D eigenvalue weighted by atomic mass is 9.41. The van der Waals surface area contributed by atoms with Crippen LogP contribution in [0.5, 0.6) is 5.75 Å². The summed E-state index contributed by atoms with van der Waals surface area (Å²) in [6, 6.07) is 5.90. The van der Waals surface area contributed by atoms with Crippen molar-refractivity contribution < 1.29 is 14.6 Å². The Morgan fingerprint density at radius 2 is 1.71 bits per heavy atom. The van der Waals surface area contributed by atoms with Gasteiger partial charge in [0, 0.05) is 5.41 Å². The van der Waals surface area contributed by atoms with Gasteiger partial charge in [0.15, 0.2) is 0 Å². The molecule has 1 aromatic rings. The van der Waals surface area contributed by atoms with E-state index in [-0.39, 0.29) is 10.8 Å². The van der Waals surface area contributed by atoms with Crippen LogP contribution in [0.1, 0.15) is 135 Å². The minimum Gasteiger partial charge on any atom is -0.496 e. The Hall–Kier alpha value is -1.77. The number of hydrogen-bond donors (Lipinski definition) is 1. The molecular formula is C38H56O3. The highest BCUT2D eigenvalue weighted by atomic mass is 16.5. The van der Waals surface area contributed by atoms with Gasteiger partial charge in [-0.25, -0.2) is 4.79 Å². The molecule has 0 saturated heterocycles. The molecule has 0 bridgehead atoms. The van der Waals surface area contributed by atoms with Gasteiger partial charge in [0.2, 0.25) is 0 Å². The first-order valence-electron chi connectivity index (χ1n) is 16.9. The predicted octanol–water partition coefficient (Wildman–Crippen LogP) is 10.3. The third kappa shape index (κ3) is 3.85. The van der Waals surface area contributed by atoms with Crippen LogP contribution in [0.25, 0.3) is 5.57 Å². The van der Waals surface area contributed by atoms with E-state index in [9.17, 15) is 9.90 Å². The molecule has 3 nitrogen and oxygen atoms in total. The molecular weight excluding hydrogens is 504 g/mol. The minimum absolute atomic E-state index is 0.0968. The quantitative estimate of drug-likeness (QED) is 0.344. The molecule has 0 radical (unpaired) electrons. The van der Waals surface area contributed by atoms with E-state index in [1.54, 1.807) is 7.11 Å². The van der Waals surface area contributed by atoms with Crippen LogP contribution in [0.4, 0.5) is 0 Å². The van der Waals surface area contributed by atoms with Crippen LogP contribution in [-0.2, 0) is 0 Å². The van der Waals surface area contributed by atoms with Crippen molar-refractivity contribution in [1.82, 2.24) is 0 Å². The summed E-state index contributed by atoms with van der Waals surface area (Å²) in [6.07, 6.45) is 16.9. The van der Waals surface area contributed by atoms with Crippen LogP contribution in [0.3, 0.4) is 0 Å². The largest absolute Gasteiger partial charge is 0.496 e. The molecule has 2 spiro atoms. The van der Waals surface area contributed by atoms with Crippen molar-refractivity contribution in [3.05, 3.63) is 35.4 Å². The van der Waals surface area contributed by atoms with E-state index in [4.69, 9.17) is 4.74 Å². The number of hydrogen-bond acceptors (Lipinski definition) is 2. The highest BCUT2D eigenvalue weighted by Gasteiger charge is 2.82. The zero-order valence-electron chi connectivity index (χ0n) is 27.2. The number of carboxylic acids is 1. The maximum Gasteiger partial charge on any atom is 0.340 e. The molecule has 41 heavy (non-hydrogen) atoms. The zero-order valence-corrected chi connectivity index (χ0v) is 27.2. The van der Waals surface area contributed by atoms with Gasteiger partial charge in [-0.3, -0.25) is 0 Å². The maximum atomic E-state index is 12.7. The first-order chi connectivity index (χ1) is 19.3. The van der Waals surface area contributed by atoms with Gasteiger partial charge in [0.1, 0.15) is 11.3 Å². The van der Waals surface area contributed by atoms with Gasteiger partial charge >= 0.3 is 5.97 Å². The molecule has 0 aliphatic heterocycles. The number of rotatable bonds is 8. The maximum absolute atomic E-state index is 12.7. The van der Waals surface area contributed by atoms with Crippen LogP contribution in [-0.4, -0.2) is 18.2 Å². The first kappa shape index (κ1) is 29.3. The molecule has 1 N–H and O–H groups in total. The number of methoxy groups -OCH3 is 1. The third-order valence-electron chi connectivity index (χ3n) is 14.5. The molecule has 0 heterocycles. The van der Waals surface area contributed by atoms with Crippen molar-refractivity contribution in [1.29, 1.82) is 0 Å². The number of aromatic carboxylic acids is 1. The van der Waals surface area contributed by atoms with E-state index < -0.39 is 5.97 Å². The number of fused-ring (bicyclic) bond motifs is 2. The second-order valence-electron chi connectivity index (χ2n) is 16.8. The van der Waals surface area contributed by atoms with Crippen LogP contribution < -0.4 is 4.74 Å². The van der Waals surface area contributed by atoms with Crippen molar-refractivity contribution in [2.75, 3.05) is 7.11 Å². The highest BCUT2D eigenvalue weighted by Crippen LogP contribution is 2.90. The molecule has 4 fully saturated rings. The fourth-order valence-electron chi connectivity index (χ4n) is 12.4. The first-order valence-corrected chi connectivity index (χ1v) is 16.9. The van der Waals surface area contributed by atoms with E-state index >= 15 is 0 Å². The van der Waals surface area contributed by atoms with Crippen molar-refractivity contribution in [3.63, 3.8) is 0 Å². The number of allylic oxidation sites excluding steroid dienone is 2. The Kier molecular flexibility index (Phi) is 6.87. The highest BCUT2D eigenvalue weighted by molar-refractivity contribution is 5.98. The lowest BCUT2D eigenvalue weighted by molar-refractivity contribution is -0.125. The molecule has 4 saturated carbocycles. The normalized spacial score (nSPS) is 41.0. The summed E-state index contributed by atoms with van der Waals surface area (Å²) in [7, 11) is 1.60. The number of ether oxygens (including phenoxy) is 1. The zero-order chi connectivity index (χ0) is 29.6. The fourth-order valence-corrected chi connectivity index (χ4v) is 12.4. The van der Waals surface area contributed by atoms with E-state index in [0.29, 0.717) is 33.5 Å². The summed E-state index contributed by atoms with van der Waals surface area (Å²) in [5.74, 6) is 3.40. The van der Waals surface area contributed by atoms with Crippen LogP contribution in [0.2, 0.25) is 0 Å². The number of benzene rings is 1. The molecule has 5 aliphatic carbocycles. The van der Waals surface area contributed by atoms with Gasteiger partial charge in [0.05, 0.1) is 7.11 Å². The van der Waals surface area contributed by atoms with E-state index in [1.165, 1.54) is 69.8 Å². The third-order valence-corrected chi connectivity index (χ3v) is 14.5. The topological polar surface area (TPSA) is 46.5 Å². The van der Waals surface area contributed by atoms with Crippen molar-refractivity contribution in [2.45, 2.75) is 119 Å².